The van der Waals surface area contributed by atoms with E-state index in [0.717, 1.165) is 58.8 Å². The fraction of sp³-hybridized carbons (Fsp3) is 0.364. The Morgan fingerprint density at radius 2 is 1.62 bits per heavy atom. The molecule has 8 rings (SSSR count). The summed E-state index contributed by atoms with van der Waals surface area (Å²) in [5.41, 5.74) is 7.67. The van der Waals surface area contributed by atoms with Crippen molar-refractivity contribution in [1.29, 1.82) is 5.41 Å². The zero-order valence-electron chi connectivity index (χ0n) is 47.1. The van der Waals surface area contributed by atoms with Crippen molar-refractivity contribution < 1.29 is 83.7 Å². The van der Waals surface area contributed by atoms with Gasteiger partial charge in [0.2, 0.25) is 0 Å². The minimum absolute atomic E-state index is 0.0296. The van der Waals surface area contributed by atoms with Gasteiger partial charge in [0, 0.05) is 66.0 Å². The number of unbranched alkanes of at least 4 members (excludes halogenated alkanes) is 3. The SMILES string of the molecule is CCN(CC)CC.N=c1ccc2c(-c3ccc(C(=O)NCCCCCCn4cc(CCC#Cc5cccc(CONc6ccn([C@@H]7O[C@H](COP(=O)(O)O)[C@@H](O)[C@H]7O)c(=O)n6)c5)nn4)cc3C(=O)O)c3ccc(N)c(S(=O)(=O)O)c3oc-2c1S(=O)(=O)O. The Labute approximate surface area is 498 Å². The topological polar surface area (TPSA) is 445 Å². The van der Waals surface area contributed by atoms with Crippen LogP contribution < -0.4 is 27.6 Å². The largest absolute Gasteiger partial charge is 0.478 e. The number of nitrogen functional groups attached to an aromatic ring is 1. The Bertz CT molecular complexity index is 4060. The highest BCUT2D eigenvalue weighted by Gasteiger charge is 2.45. The van der Waals surface area contributed by atoms with Gasteiger partial charge in [0.25, 0.3) is 26.1 Å². The Morgan fingerprint density at radius 3 is 2.29 bits per heavy atom. The quantitative estimate of drug-likeness (QED) is 0.00726. The third kappa shape index (κ3) is 17.3. The van der Waals surface area contributed by atoms with Crippen LogP contribution in [0.25, 0.3) is 33.4 Å². The summed E-state index contributed by atoms with van der Waals surface area (Å²) in [7, 11) is -15.3. The number of fused-ring (bicyclic) bond motifs is 2. The average Bonchev–Trinajstić information content (AvgIpc) is 1.28. The number of ether oxygens (including phenoxy) is 1. The van der Waals surface area contributed by atoms with Crippen molar-refractivity contribution >= 4 is 62.4 Å². The molecule has 1 saturated heterocycles. The lowest BCUT2D eigenvalue weighted by molar-refractivity contribution is -0.0542. The van der Waals surface area contributed by atoms with Crippen molar-refractivity contribution in [2.45, 2.75) is 107 Å². The molecule has 1 fully saturated rings. The number of carboxylic acid groups (broad SMARTS) is 1. The fourth-order valence-corrected chi connectivity index (χ4v) is 11.2. The maximum Gasteiger partial charge on any atom is 0.469 e. The number of phosphoric acid groups is 1. The number of phosphoric ester groups is 1. The van der Waals surface area contributed by atoms with Crippen LogP contribution in [-0.2, 0) is 58.5 Å². The second kappa shape index (κ2) is 29.3. The minimum Gasteiger partial charge on any atom is -0.478 e. The number of aliphatic hydroxyl groups excluding tert-OH is 2. The number of anilines is 2. The molecule has 5 aromatic rings. The average molecular weight is 1270 g/mol. The van der Waals surface area contributed by atoms with Gasteiger partial charge in [-0.1, -0.05) is 68.9 Å². The van der Waals surface area contributed by atoms with Crippen LogP contribution in [0.1, 0.15) is 96.6 Å². The van der Waals surface area contributed by atoms with E-state index in [1.54, 1.807) is 10.7 Å². The normalized spacial score (nSPS) is 16.1. The molecule has 4 atom stereocenters. The first-order chi connectivity index (χ1) is 41.2. The van der Waals surface area contributed by atoms with E-state index in [9.17, 15) is 60.2 Å². The number of aromatic nitrogens is 5. The molecular weight excluding hydrogens is 1200 g/mol. The number of nitrogens with one attached hydrogen (secondary N) is 3. The Balaban J connectivity index is 0.00000145. The summed E-state index contributed by atoms with van der Waals surface area (Å²) >= 11 is 0. The third-order valence-corrected chi connectivity index (χ3v) is 16.1. The number of carbonyl (C=O) groups is 2. The van der Waals surface area contributed by atoms with Crippen molar-refractivity contribution in [3.63, 3.8) is 0 Å². The molecule has 2 aliphatic heterocycles. The van der Waals surface area contributed by atoms with Crippen LogP contribution in [-0.4, -0.2) is 143 Å². The number of aromatic carboxylic acids is 1. The van der Waals surface area contributed by atoms with Crippen LogP contribution in [0, 0.1) is 17.3 Å². The molecule has 1 amide bonds. The highest BCUT2D eigenvalue weighted by Crippen LogP contribution is 2.46. The Morgan fingerprint density at radius 1 is 0.908 bits per heavy atom. The van der Waals surface area contributed by atoms with E-state index in [1.807, 2.05) is 24.4 Å². The van der Waals surface area contributed by atoms with Gasteiger partial charge in [-0.25, -0.2) is 19.6 Å². The van der Waals surface area contributed by atoms with E-state index in [0.29, 0.717) is 25.8 Å². The predicted molar refractivity (Wildman–Crippen MR) is 312 cm³/mol. The molecule has 0 unspecified atom stereocenters. The van der Waals surface area contributed by atoms with Crippen LogP contribution in [0.2, 0.25) is 0 Å². The first-order valence-electron chi connectivity index (χ1n) is 27.1. The van der Waals surface area contributed by atoms with Gasteiger partial charge in [0.15, 0.2) is 33.2 Å². The molecule has 12 N–H and O–H groups in total. The van der Waals surface area contributed by atoms with Gasteiger partial charge < -0.3 is 50.2 Å². The zero-order valence-corrected chi connectivity index (χ0v) is 49.7. The minimum atomic E-state index is -5.21. The lowest BCUT2D eigenvalue weighted by Crippen LogP contribution is -2.36. The molecule has 3 aliphatic rings. The van der Waals surface area contributed by atoms with E-state index in [2.05, 4.69) is 68.1 Å². The van der Waals surface area contributed by atoms with Gasteiger partial charge in [0.1, 0.15) is 18.3 Å². The van der Waals surface area contributed by atoms with Crippen LogP contribution >= 0.6 is 7.82 Å². The molecular formula is C55H65N10O19PS2. The lowest BCUT2D eigenvalue weighted by Gasteiger charge is -2.20. The number of carbonyl (C=O) groups excluding carboxylic acids is 1. The molecule has 0 saturated carbocycles. The zero-order chi connectivity index (χ0) is 63.4. The number of nitrogens with zero attached hydrogens (tertiary/aromatic N) is 6. The summed E-state index contributed by atoms with van der Waals surface area (Å²) in [5.74, 6) is 3.42. The first-order valence-corrected chi connectivity index (χ1v) is 31.5. The van der Waals surface area contributed by atoms with Crippen LogP contribution in [0.5, 0.6) is 0 Å². The van der Waals surface area contributed by atoms with E-state index < -0.39 is 115 Å². The maximum absolute atomic E-state index is 13.3. The molecule has 32 heteroatoms. The summed E-state index contributed by atoms with van der Waals surface area (Å²) in [4.78, 5) is 66.3. The number of nitrogens with two attached hydrogens (primary N) is 1. The van der Waals surface area contributed by atoms with Crippen molar-refractivity contribution in [2.75, 3.05) is 44.0 Å². The summed E-state index contributed by atoms with van der Waals surface area (Å²) in [6, 6.07) is 16.9. The van der Waals surface area contributed by atoms with Gasteiger partial charge in [-0.2, -0.15) is 21.8 Å². The van der Waals surface area contributed by atoms with Gasteiger partial charge in [-0.05, 0) is 98.2 Å². The fourth-order valence-electron chi connectivity index (χ4n) is 9.38. The second-order valence-electron chi connectivity index (χ2n) is 19.7. The lowest BCUT2D eigenvalue weighted by atomic mass is 9.89. The monoisotopic (exact) mass is 1260 g/mol. The molecule has 1 aliphatic carbocycles. The van der Waals surface area contributed by atoms with E-state index in [4.69, 9.17) is 34.9 Å². The van der Waals surface area contributed by atoms with Crippen molar-refractivity contribution in [2.24, 2.45) is 0 Å². The molecule has 4 heterocycles. The van der Waals surface area contributed by atoms with Crippen molar-refractivity contribution in [3.05, 3.63) is 129 Å². The highest BCUT2D eigenvalue weighted by molar-refractivity contribution is 7.86. The van der Waals surface area contributed by atoms with Crippen molar-refractivity contribution in [3.8, 4) is 34.3 Å². The number of aliphatic hydroxyl groups is 2. The smallest absolute Gasteiger partial charge is 0.469 e. The number of carboxylic acids is 1. The van der Waals surface area contributed by atoms with Gasteiger partial charge >= 0.3 is 19.5 Å². The molecule has 2 aromatic heterocycles. The van der Waals surface area contributed by atoms with Crippen LogP contribution in [0.15, 0.2) is 104 Å². The number of hydrogen-bond donors (Lipinski definition) is 11. The number of benzene rings is 4. The summed E-state index contributed by atoms with van der Waals surface area (Å²) in [5, 5.41) is 49.5. The molecule has 0 spiro atoms. The van der Waals surface area contributed by atoms with Crippen molar-refractivity contribution in [1.82, 2.24) is 34.8 Å². The predicted octanol–water partition coefficient (Wildman–Crippen LogP) is 4.20. The first kappa shape index (κ1) is 66.7. The number of hydrogen-bond acceptors (Lipinski definition) is 21. The standard InChI is InChI=1S/C49H50N9O19PS2.C6H15N/c50-35-16-14-32-39(33-15-17-36(51)45(80(71,72)73)43(33)77-42(32)44(35)79(68,69)70)31-13-12-29(23-34(31)48(62)63)46(61)52-19-5-1-2-6-20-57-24-30(54-56-57)11-4-3-8-27-9-7-10-28(22-27)25-74-55-38-18-21-58(49(64)53-38)47-41(60)40(59)37(76-47)26-75-78(65,66)67;1-4-7(5-2)6-3/h7,9-10,12-18,21-24,37,40-41,47,50,59-60H,1-2,4-6,11,19-20,25-26,51H2,(H,52,61)(H,62,63)(H,53,55,64)(H2,65,66,67)(H,68,69,70)(H,71,72,73);4-6H2,1-3H3/t37-,40-,41-,47-;/m1./s1. The maximum atomic E-state index is 13.3. The van der Waals surface area contributed by atoms with Crippen LogP contribution in [0.3, 0.4) is 0 Å². The molecule has 0 bridgehead atoms. The number of aryl methyl sites for hydroxylation is 2. The van der Waals surface area contributed by atoms with Gasteiger partial charge in [-0.15, -0.1) is 5.10 Å². The molecule has 3 aromatic carbocycles. The second-order valence-corrected chi connectivity index (χ2v) is 23.6. The summed E-state index contributed by atoms with van der Waals surface area (Å²) in [6.45, 7) is 10.3. The number of amides is 1. The highest BCUT2D eigenvalue weighted by atomic mass is 32.2. The Kier molecular flexibility index (Phi) is 22.4. The van der Waals surface area contributed by atoms with Crippen LogP contribution in [0.4, 0.5) is 11.5 Å². The Hall–Kier alpha value is -7.80. The number of rotatable bonds is 25. The summed E-state index contributed by atoms with van der Waals surface area (Å²) in [6.07, 6.45) is 1.04. The van der Waals surface area contributed by atoms with E-state index in [1.165, 1.54) is 56.2 Å². The van der Waals surface area contributed by atoms with Gasteiger partial charge in [-0.3, -0.25) is 37.9 Å². The van der Waals surface area contributed by atoms with E-state index in [-0.39, 0.29) is 46.6 Å². The third-order valence-electron chi connectivity index (χ3n) is 13.8. The van der Waals surface area contributed by atoms with E-state index >= 15 is 0 Å². The summed E-state index contributed by atoms with van der Waals surface area (Å²) < 4.78 is 99.3. The molecule has 87 heavy (non-hydrogen) atoms. The molecule has 29 nitrogen and oxygen atoms in total. The van der Waals surface area contributed by atoms with Gasteiger partial charge in [0.05, 0.1) is 35.5 Å². The molecule has 466 valence electrons. The molecule has 0 radical (unpaired) electrons.